The Labute approximate surface area is 200 Å². The van der Waals surface area contributed by atoms with Gasteiger partial charge in [0.05, 0.1) is 23.0 Å². The third-order valence-corrected chi connectivity index (χ3v) is 6.74. The number of allylic oxidation sites excluding steroid dienone is 1. The number of rotatable bonds is 5. The molecule has 2 aromatic carbocycles. The van der Waals surface area contributed by atoms with Gasteiger partial charge in [0.1, 0.15) is 0 Å². The minimum atomic E-state index is -0.412. The summed E-state index contributed by atoms with van der Waals surface area (Å²) >= 11 is 7.71. The summed E-state index contributed by atoms with van der Waals surface area (Å²) in [4.78, 5) is 20.5. The summed E-state index contributed by atoms with van der Waals surface area (Å²) in [7, 11) is 0. The molecule has 0 saturated carbocycles. The summed E-state index contributed by atoms with van der Waals surface area (Å²) in [6.45, 7) is 4.31. The number of carbonyl (C=O) groups excluding carboxylic acids is 1. The highest BCUT2D eigenvalue weighted by Gasteiger charge is 2.35. The Bertz CT molecular complexity index is 1330. The summed E-state index contributed by atoms with van der Waals surface area (Å²) in [5.41, 5.74) is 4.54. The average Bonchev–Trinajstić information content (AvgIpc) is 3.49. The molecule has 0 aliphatic carbocycles. The van der Waals surface area contributed by atoms with Crippen LogP contribution in [0.3, 0.4) is 0 Å². The van der Waals surface area contributed by atoms with Crippen LogP contribution < -0.4 is 5.32 Å². The summed E-state index contributed by atoms with van der Waals surface area (Å²) in [6.07, 6.45) is 0. The highest BCUT2D eigenvalue weighted by Crippen LogP contribution is 2.38. The molecule has 1 atom stereocenters. The molecular formula is C25H21ClN4O2S. The Morgan fingerprint density at radius 1 is 1.12 bits per heavy atom. The number of carbonyl (C=O) groups is 1. The molecule has 1 N–H and O–H groups in total. The second-order valence-corrected chi connectivity index (χ2v) is 9.29. The third-order valence-electron chi connectivity index (χ3n) is 5.63. The lowest BCUT2D eigenvalue weighted by Gasteiger charge is -2.35. The van der Waals surface area contributed by atoms with Crippen LogP contribution in [-0.4, -0.2) is 21.1 Å². The van der Waals surface area contributed by atoms with Crippen LogP contribution in [0.15, 0.2) is 76.3 Å². The maximum Gasteiger partial charge on any atom is 0.322 e. The Kier molecular flexibility index (Phi) is 5.74. The van der Waals surface area contributed by atoms with Crippen molar-refractivity contribution >= 4 is 34.5 Å². The van der Waals surface area contributed by atoms with E-state index in [0.717, 1.165) is 32.8 Å². The Hall–Kier alpha value is -3.42. The number of nitrogens with zero attached hydrogens (tertiary/aromatic N) is 3. The van der Waals surface area contributed by atoms with Gasteiger partial charge in [0.25, 0.3) is 5.89 Å². The van der Waals surface area contributed by atoms with Crippen molar-refractivity contribution in [1.82, 2.24) is 20.4 Å². The van der Waals surface area contributed by atoms with Gasteiger partial charge < -0.3 is 9.84 Å². The number of halogens is 1. The van der Waals surface area contributed by atoms with Gasteiger partial charge in [0, 0.05) is 10.7 Å². The van der Waals surface area contributed by atoms with Gasteiger partial charge in [0.15, 0.2) is 0 Å². The number of aryl methyl sites for hydroxylation is 1. The molecule has 1 unspecified atom stereocenters. The van der Waals surface area contributed by atoms with Gasteiger partial charge in [-0.2, -0.15) is 4.98 Å². The molecule has 166 valence electrons. The Balaban J connectivity index is 1.60. The Morgan fingerprint density at radius 2 is 1.94 bits per heavy atom. The van der Waals surface area contributed by atoms with Crippen LogP contribution in [0, 0.1) is 6.92 Å². The van der Waals surface area contributed by atoms with E-state index >= 15 is 0 Å². The molecule has 5 rings (SSSR count). The molecule has 0 saturated heterocycles. The van der Waals surface area contributed by atoms with Gasteiger partial charge >= 0.3 is 6.03 Å². The molecule has 2 amide bonds. The van der Waals surface area contributed by atoms with Crippen molar-refractivity contribution < 1.29 is 9.32 Å². The fourth-order valence-electron chi connectivity index (χ4n) is 3.91. The second kappa shape index (κ2) is 8.84. The molecule has 1 aliphatic heterocycles. The molecular weight excluding hydrogens is 456 g/mol. The molecule has 0 bridgehead atoms. The maximum absolute atomic E-state index is 13.2. The van der Waals surface area contributed by atoms with Crippen LogP contribution in [0.4, 0.5) is 4.79 Å². The van der Waals surface area contributed by atoms with Gasteiger partial charge in [-0.25, -0.2) is 4.79 Å². The molecule has 1 aliphatic rings. The third kappa shape index (κ3) is 4.29. The summed E-state index contributed by atoms with van der Waals surface area (Å²) < 4.78 is 5.72. The zero-order chi connectivity index (χ0) is 22.9. The van der Waals surface area contributed by atoms with Crippen LogP contribution in [0.25, 0.3) is 16.3 Å². The number of urea groups is 1. The topological polar surface area (TPSA) is 71.3 Å². The summed E-state index contributed by atoms with van der Waals surface area (Å²) in [5.74, 6) is 0.916. The first-order valence-corrected chi connectivity index (χ1v) is 11.7. The first-order chi connectivity index (χ1) is 16.0. The number of aromatic nitrogens is 2. The van der Waals surface area contributed by atoms with Crippen molar-refractivity contribution in [2.45, 2.75) is 26.4 Å². The molecule has 6 nitrogen and oxygen atoms in total. The lowest BCUT2D eigenvalue weighted by molar-refractivity contribution is 0.203. The van der Waals surface area contributed by atoms with Crippen LogP contribution in [0.1, 0.15) is 35.5 Å². The van der Waals surface area contributed by atoms with Crippen LogP contribution in [0.5, 0.6) is 0 Å². The molecule has 33 heavy (non-hydrogen) atoms. The summed E-state index contributed by atoms with van der Waals surface area (Å²) in [5, 5.41) is 9.92. The largest absolute Gasteiger partial charge is 0.334 e. The number of thiophene rings is 1. The predicted octanol–water partition coefficient (Wildman–Crippen LogP) is 6.46. The van der Waals surface area contributed by atoms with E-state index in [2.05, 4.69) is 15.5 Å². The smallest absolute Gasteiger partial charge is 0.322 e. The summed E-state index contributed by atoms with van der Waals surface area (Å²) in [6, 6.07) is 18.9. The number of hydrogen-bond acceptors (Lipinski definition) is 5. The lowest BCUT2D eigenvalue weighted by Crippen LogP contribution is -2.45. The van der Waals surface area contributed by atoms with E-state index < -0.39 is 6.04 Å². The molecule has 8 heteroatoms. The van der Waals surface area contributed by atoms with E-state index in [-0.39, 0.29) is 6.03 Å². The van der Waals surface area contributed by atoms with E-state index in [1.165, 1.54) is 0 Å². The number of nitrogens with one attached hydrogen (secondary N) is 1. The maximum atomic E-state index is 13.2. The van der Waals surface area contributed by atoms with Crippen molar-refractivity contribution in [2.24, 2.45) is 0 Å². The lowest BCUT2D eigenvalue weighted by atomic mass is 9.94. The normalized spacial score (nSPS) is 16.3. The average molecular weight is 477 g/mol. The molecule has 0 spiro atoms. The van der Waals surface area contributed by atoms with Gasteiger partial charge in [-0.05, 0) is 48.6 Å². The predicted molar refractivity (Wildman–Crippen MR) is 130 cm³/mol. The molecule has 0 radical (unpaired) electrons. The molecule has 0 fully saturated rings. The Morgan fingerprint density at radius 3 is 2.67 bits per heavy atom. The van der Waals surface area contributed by atoms with Gasteiger partial charge in [0.2, 0.25) is 5.82 Å². The van der Waals surface area contributed by atoms with Gasteiger partial charge in [-0.3, -0.25) is 4.90 Å². The fraction of sp³-hybridized carbons (Fsp3) is 0.160. The minimum absolute atomic E-state index is 0.195. The van der Waals surface area contributed by atoms with E-state index in [1.54, 1.807) is 16.2 Å². The quantitative estimate of drug-likeness (QED) is 0.359. The first-order valence-electron chi connectivity index (χ1n) is 10.5. The van der Waals surface area contributed by atoms with Crippen molar-refractivity contribution in [2.75, 3.05) is 0 Å². The second-order valence-electron chi connectivity index (χ2n) is 7.91. The molecule has 2 aromatic heterocycles. The van der Waals surface area contributed by atoms with Crippen LogP contribution >= 0.6 is 22.9 Å². The minimum Gasteiger partial charge on any atom is -0.334 e. The highest BCUT2D eigenvalue weighted by atomic mass is 35.5. The van der Waals surface area contributed by atoms with E-state index in [9.17, 15) is 4.79 Å². The zero-order valence-corrected chi connectivity index (χ0v) is 19.7. The molecule has 3 heterocycles. The van der Waals surface area contributed by atoms with E-state index in [1.807, 2.05) is 79.9 Å². The van der Waals surface area contributed by atoms with Crippen molar-refractivity contribution in [3.8, 4) is 10.7 Å². The van der Waals surface area contributed by atoms with Crippen LogP contribution in [0.2, 0.25) is 5.02 Å². The number of amides is 2. The van der Waals surface area contributed by atoms with Gasteiger partial charge in [-0.1, -0.05) is 64.8 Å². The standard InChI is InChI=1S/C25H21ClN4O2S/c1-15-8-10-18(11-9-15)22-21(24-28-23(29-32-24)20-7-4-12-33-20)16(2)30(25(31)27-22)14-17-5-3-6-19(26)13-17/h3-13,22H,14H2,1-2H3,(H,27,31). The SMILES string of the molecule is CC1=C(c2nc(-c3cccs3)no2)C(c2ccc(C)cc2)NC(=O)N1Cc1cccc(Cl)c1. The highest BCUT2D eigenvalue weighted by molar-refractivity contribution is 7.13. The first kappa shape index (κ1) is 21.4. The zero-order valence-electron chi connectivity index (χ0n) is 18.1. The number of benzene rings is 2. The van der Waals surface area contributed by atoms with Crippen molar-refractivity contribution in [3.05, 3.63) is 99.3 Å². The van der Waals surface area contributed by atoms with Crippen LogP contribution in [-0.2, 0) is 6.54 Å². The number of hydrogen-bond donors (Lipinski definition) is 1. The fourth-order valence-corrected chi connectivity index (χ4v) is 4.78. The van der Waals surface area contributed by atoms with E-state index in [0.29, 0.717) is 23.3 Å². The molecule has 4 aromatic rings. The monoisotopic (exact) mass is 476 g/mol. The van der Waals surface area contributed by atoms with Gasteiger partial charge in [-0.15, -0.1) is 11.3 Å². The van der Waals surface area contributed by atoms with Crippen molar-refractivity contribution in [3.63, 3.8) is 0 Å². The van der Waals surface area contributed by atoms with Crippen molar-refractivity contribution in [1.29, 1.82) is 0 Å². The van der Waals surface area contributed by atoms with E-state index in [4.69, 9.17) is 16.1 Å².